The second-order valence-electron chi connectivity index (χ2n) is 5.44. The van der Waals surface area contributed by atoms with Gasteiger partial charge < -0.3 is 25.3 Å². The highest BCUT2D eigenvalue weighted by atomic mass is 35.5. The number of rotatable bonds is 14. The molecule has 174 valence electrons. The largest absolute Gasteiger partial charge is 0.399 e. The van der Waals surface area contributed by atoms with Gasteiger partial charge in [0.05, 0.1) is 6.61 Å². The third-order valence-corrected chi connectivity index (χ3v) is 5.51. The number of halogens is 2. The fraction of sp³-hybridized carbons (Fsp3) is 0.500. The highest BCUT2D eigenvalue weighted by molar-refractivity contribution is 8.03. The lowest BCUT2D eigenvalue weighted by Crippen LogP contribution is -2.28. The van der Waals surface area contributed by atoms with Crippen molar-refractivity contribution in [1.29, 1.82) is 5.26 Å². The molecule has 1 aromatic carbocycles. The van der Waals surface area contributed by atoms with Crippen LogP contribution in [-0.4, -0.2) is 73.3 Å². The van der Waals surface area contributed by atoms with Crippen LogP contribution in [0.4, 0.5) is 0 Å². The van der Waals surface area contributed by atoms with E-state index in [-0.39, 0.29) is 5.91 Å². The molecule has 4 N–H and O–H groups in total. The van der Waals surface area contributed by atoms with E-state index in [9.17, 15) is 9.69 Å². The molecule has 0 fully saturated rings. The Bertz CT molecular complexity index is 661. The van der Waals surface area contributed by atoms with Crippen LogP contribution in [0.1, 0.15) is 16.8 Å². The number of nitrogens with zero attached hydrogens (tertiary/aromatic N) is 3. The van der Waals surface area contributed by atoms with Gasteiger partial charge in [0.2, 0.25) is 0 Å². The molecule has 0 saturated heterocycles. The molecule has 1 amide bonds. The first-order valence-corrected chi connectivity index (χ1v) is 12.3. The van der Waals surface area contributed by atoms with E-state index < -0.39 is 8.53 Å². The van der Waals surface area contributed by atoms with Crippen LogP contribution in [0.25, 0.3) is 0 Å². The van der Waals surface area contributed by atoms with Crippen molar-refractivity contribution in [3.05, 3.63) is 29.8 Å². The molecule has 0 aliphatic rings. The molecule has 0 aliphatic carbocycles. The molecule has 0 spiro atoms. The predicted octanol–water partition coefficient (Wildman–Crippen LogP) is 2.97. The van der Waals surface area contributed by atoms with Gasteiger partial charge in [-0.3, -0.25) is 4.79 Å². The Morgan fingerprint density at radius 3 is 2.55 bits per heavy atom. The quantitative estimate of drug-likeness (QED) is 0.0659. The highest BCUT2D eigenvalue weighted by Gasteiger charge is 2.16. The van der Waals surface area contributed by atoms with Gasteiger partial charge in [0.25, 0.3) is 14.4 Å². The smallest absolute Gasteiger partial charge is 0.256 e. The summed E-state index contributed by atoms with van der Waals surface area (Å²) in [6, 6.07) is 6.85. The third-order valence-electron chi connectivity index (χ3n) is 3.27. The van der Waals surface area contributed by atoms with Crippen molar-refractivity contribution >= 4 is 55.6 Å². The second kappa shape index (κ2) is 20.7. The average molecular weight is 512 g/mol. The number of oxime groups is 1. The second-order valence-corrected chi connectivity index (χ2v) is 8.38. The molecule has 1 unspecified atom stereocenters. The van der Waals surface area contributed by atoms with Crippen LogP contribution < -0.4 is 11.1 Å². The lowest BCUT2D eigenvalue weighted by molar-refractivity contribution is 0.0954. The maximum Gasteiger partial charge on any atom is 0.256 e. The predicted molar refractivity (Wildman–Crippen MR) is 128 cm³/mol. The van der Waals surface area contributed by atoms with Crippen molar-refractivity contribution < 1.29 is 19.0 Å². The van der Waals surface area contributed by atoms with Gasteiger partial charge >= 0.3 is 0 Å². The van der Waals surface area contributed by atoms with E-state index in [1.54, 1.807) is 35.2 Å². The molecule has 1 rings (SSSR count). The van der Waals surface area contributed by atoms with Gasteiger partial charge in [-0.2, -0.15) is 5.26 Å². The Morgan fingerprint density at radius 2 is 2.03 bits per heavy atom. The zero-order chi connectivity index (χ0) is 23.3. The number of thioether (sulfide) groups is 1. The van der Waals surface area contributed by atoms with Crippen LogP contribution in [0.15, 0.2) is 34.3 Å². The van der Waals surface area contributed by atoms with Gasteiger partial charge in [0, 0.05) is 61.0 Å². The number of amides is 1. The Hall–Kier alpha value is -1.15. The summed E-state index contributed by atoms with van der Waals surface area (Å²) in [5.74, 6) is 0.726. The number of carbonyl (C=O) groups is 1. The normalized spacial score (nSPS) is 11.5. The molecule has 0 saturated carbocycles. The number of nitrogens with two attached hydrogens (primary N) is 1. The first kappa shape index (κ1) is 29.9. The molecular formula is C18H28Cl2N5O4PS. The molecule has 0 aliphatic heterocycles. The molecule has 0 bridgehead atoms. The zero-order valence-electron chi connectivity index (χ0n) is 17.2. The van der Waals surface area contributed by atoms with Crippen molar-refractivity contribution in [3.63, 3.8) is 0 Å². The molecule has 1 aromatic rings. The van der Waals surface area contributed by atoms with E-state index in [0.717, 1.165) is 16.7 Å². The van der Waals surface area contributed by atoms with Crippen LogP contribution in [-0.2, 0) is 9.36 Å². The van der Waals surface area contributed by atoms with Gasteiger partial charge in [-0.15, -0.1) is 23.2 Å². The van der Waals surface area contributed by atoms with Gasteiger partial charge in [-0.05, 0) is 36.0 Å². The van der Waals surface area contributed by atoms with Gasteiger partial charge in [0.15, 0.2) is 0 Å². The molecule has 9 nitrogen and oxygen atoms in total. The zero-order valence-corrected chi connectivity index (χ0v) is 20.5. The maximum atomic E-state index is 11.4. The van der Waals surface area contributed by atoms with E-state index >= 15 is 0 Å². The van der Waals surface area contributed by atoms with Crippen LogP contribution in [0, 0.1) is 10.7 Å². The van der Waals surface area contributed by atoms with E-state index in [0.29, 0.717) is 56.5 Å². The molecular weight excluding hydrogens is 484 g/mol. The summed E-state index contributed by atoms with van der Waals surface area (Å²) < 4.78 is 6.96. The fourth-order valence-corrected chi connectivity index (χ4v) is 3.88. The first-order chi connectivity index (χ1) is 15.0. The van der Waals surface area contributed by atoms with E-state index in [4.69, 9.17) is 38.7 Å². The van der Waals surface area contributed by atoms with Gasteiger partial charge in [-0.1, -0.05) is 5.16 Å². The van der Waals surface area contributed by atoms with Crippen LogP contribution in [0.3, 0.4) is 0 Å². The molecule has 0 heterocycles. The summed E-state index contributed by atoms with van der Waals surface area (Å²) in [5, 5.41) is 16.6. The highest BCUT2D eigenvalue weighted by Crippen LogP contribution is 2.36. The van der Waals surface area contributed by atoms with Crippen LogP contribution in [0.5, 0.6) is 0 Å². The number of alkyl halides is 2. The first-order valence-electron chi connectivity index (χ1n) is 9.21. The maximum absolute atomic E-state index is 11.4. The average Bonchev–Trinajstić information content (AvgIpc) is 2.78. The minimum atomic E-state index is -1.61. The van der Waals surface area contributed by atoms with E-state index in [2.05, 4.69) is 15.3 Å². The summed E-state index contributed by atoms with van der Waals surface area (Å²) >= 11 is 12.3. The molecule has 13 heteroatoms. The number of benzene rings is 1. The Morgan fingerprint density at radius 1 is 1.39 bits per heavy atom. The van der Waals surface area contributed by atoms with Crippen LogP contribution in [0.2, 0.25) is 0 Å². The number of nitriles is 1. The minimum Gasteiger partial charge on any atom is -0.399 e. The SMILES string of the molecule is CO/N=C/CCOP(O)N(CCCl)CCCl.N#CSc1ccc(C(=O)NCCN)cc1. The van der Waals surface area contributed by atoms with Crippen molar-refractivity contribution in [2.75, 3.05) is 51.7 Å². The molecule has 0 aromatic heterocycles. The lowest BCUT2D eigenvalue weighted by Gasteiger charge is -2.23. The molecule has 0 radical (unpaired) electrons. The van der Waals surface area contributed by atoms with Gasteiger partial charge in [0.1, 0.15) is 12.5 Å². The minimum absolute atomic E-state index is 0.144. The number of nitrogens with one attached hydrogen (secondary N) is 1. The van der Waals surface area contributed by atoms with E-state index in [1.807, 2.05) is 5.40 Å². The Kier molecular flexibility index (Phi) is 20.0. The van der Waals surface area contributed by atoms with Crippen molar-refractivity contribution in [3.8, 4) is 5.40 Å². The number of hydrogen-bond acceptors (Lipinski definition) is 9. The summed E-state index contributed by atoms with van der Waals surface area (Å²) in [7, 11) is -0.143. The summed E-state index contributed by atoms with van der Waals surface area (Å²) in [5.41, 5.74) is 5.84. The van der Waals surface area contributed by atoms with E-state index in [1.165, 1.54) is 7.11 Å². The Labute approximate surface area is 198 Å². The fourth-order valence-electron chi connectivity index (χ4n) is 1.89. The van der Waals surface area contributed by atoms with Gasteiger partial charge in [-0.25, -0.2) is 4.67 Å². The van der Waals surface area contributed by atoms with Crippen LogP contribution >= 0.6 is 43.5 Å². The monoisotopic (exact) mass is 511 g/mol. The molecule has 1 atom stereocenters. The standard InChI is InChI=1S/C10H11N3OS.C8H17Cl2N2O3P/c11-5-6-13-10(14)8-1-3-9(4-2-8)15-7-12;1-14-11-5-2-8-15-16(13)12(6-3-9)7-4-10/h1-4H,5-6,11H2,(H,13,14);5,13H,2-4,6-8H2,1H3/b;11-5+. The Balaban J connectivity index is 0.000000581. The summed E-state index contributed by atoms with van der Waals surface area (Å²) in [6.45, 7) is 2.39. The van der Waals surface area contributed by atoms with Crippen molar-refractivity contribution in [2.24, 2.45) is 10.9 Å². The number of carbonyl (C=O) groups excluding carboxylic acids is 1. The topological polar surface area (TPSA) is 133 Å². The van der Waals surface area contributed by atoms with Crippen molar-refractivity contribution in [2.45, 2.75) is 11.3 Å². The number of hydrogen-bond donors (Lipinski definition) is 3. The summed E-state index contributed by atoms with van der Waals surface area (Å²) in [4.78, 5) is 26.4. The summed E-state index contributed by atoms with van der Waals surface area (Å²) in [6.07, 6.45) is 2.17. The van der Waals surface area contributed by atoms with Crippen molar-refractivity contribution in [1.82, 2.24) is 9.99 Å². The lowest BCUT2D eigenvalue weighted by atomic mass is 10.2. The third kappa shape index (κ3) is 15.3. The molecule has 31 heavy (non-hydrogen) atoms. The number of thiocyanates is 1.